The van der Waals surface area contributed by atoms with Gasteiger partial charge < -0.3 is 4.57 Å². The normalized spacial score (nSPS) is 12.0. The van der Waals surface area contributed by atoms with Crippen LogP contribution in [0, 0.1) is 0 Å². The molecule has 0 aliphatic rings. The second kappa shape index (κ2) is 4.52. The summed E-state index contributed by atoms with van der Waals surface area (Å²) in [5.74, 6) is 0. The van der Waals surface area contributed by atoms with E-state index in [9.17, 15) is 0 Å². The molecule has 0 bridgehead atoms. The van der Waals surface area contributed by atoms with Gasteiger partial charge in [0.2, 0.25) is 0 Å². The van der Waals surface area contributed by atoms with Crippen molar-refractivity contribution in [2.24, 2.45) is 7.05 Å². The summed E-state index contributed by atoms with van der Waals surface area (Å²) in [6, 6.07) is 17.5. The number of aromatic nitrogens is 1. The van der Waals surface area contributed by atoms with Crippen LogP contribution in [0.2, 0.25) is 0 Å². The van der Waals surface area contributed by atoms with Crippen LogP contribution in [0.5, 0.6) is 0 Å². The number of aryl methyl sites for hydroxylation is 1. The van der Waals surface area contributed by atoms with Crippen LogP contribution in [0.3, 0.4) is 0 Å². The maximum atomic E-state index is 2.34. The molecule has 1 nitrogen and oxygen atoms in total. The van der Waals surface area contributed by atoms with E-state index in [1.807, 2.05) is 0 Å². The monoisotopic (exact) mass is 263 g/mol. The SMILES string of the molecule is Cn1ccc2c(C(C)(C)C)cc(-c3ccccc3)cc21. The Labute approximate surface area is 120 Å². The van der Waals surface area contributed by atoms with Crippen molar-refractivity contribution in [1.29, 1.82) is 0 Å². The molecule has 20 heavy (non-hydrogen) atoms. The molecule has 102 valence electrons. The highest BCUT2D eigenvalue weighted by Crippen LogP contribution is 2.34. The number of fused-ring (bicyclic) bond motifs is 1. The lowest BCUT2D eigenvalue weighted by Gasteiger charge is -2.22. The van der Waals surface area contributed by atoms with Gasteiger partial charge in [-0.25, -0.2) is 0 Å². The van der Waals surface area contributed by atoms with Crippen molar-refractivity contribution in [1.82, 2.24) is 4.57 Å². The first-order valence-corrected chi connectivity index (χ1v) is 7.12. The number of rotatable bonds is 1. The summed E-state index contributed by atoms with van der Waals surface area (Å²) < 4.78 is 2.21. The molecule has 0 aliphatic carbocycles. The first kappa shape index (κ1) is 13.0. The molecule has 0 aliphatic heterocycles. The summed E-state index contributed by atoms with van der Waals surface area (Å²) in [7, 11) is 2.11. The standard InChI is InChI=1S/C19H21N/c1-19(2,3)17-12-15(14-8-6-5-7-9-14)13-18-16(17)10-11-20(18)4/h5-13H,1-4H3. The molecule has 0 unspecified atom stereocenters. The third-order valence-electron chi connectivity index (χ3n) is 3.92. The Hall–Kier alpha value is -2.02. The number of hydrogen-bond donors (Lipinski definition) is 0. The third-order valence-corrected chi connectivity index (χ3v) is 3.92. The van der Waals surface area contributed by atoms with E-state index < -0.39 is 0 Å². The van der Waals surface area contributed by atoms with Gasteiger partial charge in [-0.15, -0.1) is 0 Å². The minimum atomic E-state index is 0.143. The van der Waals surface area contributed by atoms with Gasteiger partial charge in [-0.3, -0.25) is 0 Å². The molecule has 0 N–H and O–H groups in total. The molecule has 0 saturated heterocycles. The number of nitrogens with zero attached hydrogens (tertiary/aromatic N) is 1. The number of benzene rings is 2. The molecule has 3 rings (SSSR count). The molecule has 3 aromatic rings. The predicted molar refractivity (Wildman–Crippen MR) is 87.1 cm³/mol. The van der Waals surface area contributed by atoms with E-state index in [0.717, 1.165) is 0 Å². The summed E-state index contributed by atoms with van der Waals surface area (Å²) in [6.07, 6.45) is 2.15. The minimum Gasteiger partial charge on any atom is -0.351 e. The average Bonchev–Trinajstić information content (AvgIpc) is 2.79. The third kappa shape index (κ3) is 2.14. The molecule has 0 radical (unpaired) electrons. The van der Waals surface area contributed by atoms with Crippen LogP contribution in [0.25, 0.3) is 22.0 Å². The van der Waals surface area contributed by atoms with Crippen LogP contribution < -0.4 is 0 Å². The lowest BCUT2D eigenvalue weighted by atomic mass is 9.83. The van der Waals surface area contributed by atoms with Gasteiger partial charge in [0, 0.05) is 24.1 Å². The molecule has 1 aromatic heterocycles. The second-order valence-corrected chi connectivity index (χ2v) is 6.50. The van der Waals surface area contributed by atoms with Gasteiger partial charge in [0.15, 0.2) is 0 Å². The Balaban J connectivity index is 2.33. The van der Waals surface area contributed by atoms with Gasteiger partial charge in [-0.2, -0.15) is 0 Å². The molecule has 0 fully saturated rings. The zero-order valence-corrected chi connectivity index (χ0v) is 12.6. The zero-order chi connectivity index (χ0) is 14.3. The van der Waals surface area contributed by atoms with E-state index in [4.69, 9.17) is 0 Å². The Morgan fingerprint density at radius 1 is 0.850 bits per heavy atom. The molecule has 1 heterocycles. The van der Waals surface area contributed by atoms with Gasteiger partial charge in [-0.05, 0) is 40.3 Å². The lowest BCUT2D eigenvalue weighted by molar-refractivity contribution is 0.596. The van der Waals surface area contributed by atoms with Crippen molar-refractivity contribution in [2.45, 2.75) is 26.2 Å². The van der Waals surface area contributed by atoms with E-state index in [2.05, 4.69) is 87.1 Å². The highest BCUT2D eigenvalue weighted by molar-refractivity contribution is 5.89. The molecule has 0 atom stereocenters. The Kier molecular flexibility index (Phi) is 2.93. The van der Waals surface area contributed by atoms with Gasteiger partial charge in [0.25, 0.3) is 0 Å². The van der Waals surface area contributed by atoms with Gasteiger partial charge >= 0.3 is 0 Å². The lowest BCUT2D eigenvalue weighted by Crippen LogP contribution is -2.11. The fourth-order valence-electron chi connectivity index (χ4n) is 2.79. The average molecular weight is 263 g/mol. The summed E-state index contributed by atoms with van der Waals surface area (Å²) in [5.41, 5.74) is 5.43. The first-order valence-electron chi connectivity index (χ1n) is 7.12. The fraction of sp³-hybridized carbons (Fsp3) is 0.263. The van der Waals surface area contributed by atoms with Crippen LogP contribution in [-0.4, -0.2) is 4.57 Å². The summed E-state index contributed by atoms with van der Waals surface area (Å²) >= 11 is 0. The maximum absolute atomic E-state index is 2.34. The van der Waals surface area contributed by atoms with Crippen LogP contribution in [0.1, 0.15) is 26.3 Å². The van der Waals surface area contributed by atoms with E-state index in [1.54, 1.807) is 0 Å². The van der Waals surface area contributed by atoms with Crippen molar-refractivity contribution >= 4 is 10.9 Å². The Morgan fingerprint density at radius 2 is 1.55 bits per heavy atom. The second-order valence-electron chi connectivity index (χ2n) is 6.50. The largest absolute Gasteiger partial charge is 0.351 e. The fourth-order valence-corrected chi connectivity index (χ4v) is 2.79. The number of hydrogen-bond acceptors (Lipinski definition) is 0. The van der Waals surface area contributed by atoms with Crippen molar-refractivity contribution in [3.05, 3.63) is 60.3 Å². The van der Waals surface area contributed by atoms with E-state index in [-0.39, 0.29) is 5.41 Å². The zero-order valence-electron chi connectivity index (χ0n) is 12.6. The minimum absolute atomic E-state index is 0.143. The van der Waals surface area contributed by atoms with Crippen molar-refractivity contribution < 1.29 is 0 Å². The van der Waals surface area contributed by atoms with E-state index in [0.29, 0.717) is 0 Å². The topological polar surface area (TPSA) is 4.93 Å². The van der Waals surface area contributed by atoms with Crippen molar-refractivity contribution in [3.63, 3.8) is 0 Å². The van der Waals surface area contributed by atoms with Crippen molar-refractivity contribution in [3.8, 4) is 11.1 Å². The molecule has 0 amide bonds. The highest BCUT2D eigenvalue weighted by Gasteiger charge is 2.19. The van der Waals surface area contributed by atoms with Crippen LogP contribution in [-0.2, 0) is 12.5 Å². The van der Waals surface area contributed by atoms with E-state index >= 15 is 0 Å². The first-order chi connectivity index (χ1) is 9.47. The molecule has 0 saturated carbocycles. The summed E-state index contributed by atoms with van der Waals surface area (Å²) in [5, 5.41) is 1.36. The van der Waals surface area contributed by atoms with Crippen LogP contribution in [0.4, 0.5) is 0 Å². The molecular formula is C19H21N. The Bertz CT molecular complexity index is 743. The summed E-state index contributed by atoms with van der Waals surface area (Å²) in [4.78, 5) is 0. The Morgan fingerprint density at radius 3 is 2.20 bits per heavy atom. The van der Waals surface area contributed by atoms with Gasteiger partial charge in [-0.1, -0.05) is 51.1 Å². The molecule has 1 heteroatoms. The van der Waals surface area contributed by atoms with Gasteiger partial charge in [0.05, 0.1) is 0 Å². The van der Waals surface area contributed by atoms with Crippen LogP contribution >= 0.6 is 0 Å². The van der Waals surface area contributed by atoms with Crippen LogP contribution in [0.15, 0.2) is 54.7 Å². The predicted octanol–water partition coefficient (Wildman–Crippen LogP) is 5.14. The maximum Gasteiger partial charge on any atom is 0.0486 e. The summed E-state index contributed by atoms with van der Waals surface area (Å²) in [6.45, 7) is 6.84. The van der Waals surface area contributed by atoms with E-state index in [1.165, 1.54) is 27.6 Å². The smallest absolute Gasteiger partial charge is 0.0486 e. The molecule has 0 spiro atoms. The molecule has 2 aromatic carbocycles. The van der Waals surface area contributed by atoms with Gasteiger partial charge in [0.1, 0.15) is 0 Å². The quantitative estimate of drug-likeness (QED) is 0.572. The highest BCUT2D eigenvalue weighted by atomic mass is 14.9. The molecular weight excluding hydrogens is 242 g/mol. The van der Waals surface area contributed by atoms with Crippen molar-refractivity contribution in [2.75, 3.05) is 0 Å².